The molecule has 0 unspecified atom stereocenters. The number of anilines is 2. The monoisotopic (exact) mass is 554 g/mol. The second-order valence-corrected chi connectivity index (χ2v) is 10.7. The number of carboxylic acid groups (broad SMARTS) is 1. The Labute approximate surface area is 236 Å². The van der Waals surface area contributed by atoms with Crippen LogP contribution in [-0.2, 0) is 20.8 Å². The van der Waals surface area contributed by atoms with Gasteiger partial charge in [-0.2, -0.15) is 0 Å². The molecule has 0 spiro atoms. The van der Waals surface area contributed by atoms with E-state index in [0.717, 1.165) is 35.1 Å². The lowest BCUT2D eigenvalue weighted by molar-refractivity contribution is -0.140. The lowest BCUT2D eigenvalue weighted by Gasteiger charge is -2.25. The van der Waals surface area contributed by atoms with E-state index in [2.05, 4.69) is 4.98 Å². The largest absolute Gasteiger partial charge is 0.481 e. The molecule has 1 saturated heterocycles. The highest BCUT2D eigenvalue weighted by atomic mass is 32.1. The number of thiazole rings is 1. The number of nitrogens with zero attached hydrogens (tertiary/aromatic N) is 4. The minimum Gasteiger partial charge on any atom is -0.481 e. The van der Waals surface area contributed by atoms with Crippen molar-refractivity contribution in [2.75, 3.05) is 23.4 Å². The lowest BCUT2D eigenvalue weighted by Crippen LogP contribution is -2.35. The van der Waals surface area contributed by atoms with Crippen LogP contribution in [0.1, 0.15) is 31.2 Å². The summed E-state index contributed by atoms with van der Waals surface area (Å²) >= 11 is 1.34. The van der Waals surface area contributed by atoms with Crippen LogP contribution in [0.3, 0.4) is 0 Å². The Balaban J connectivity index is 1.37. The van der Waals surface area contributed by atoms with Crippen LogP contribution in [0.2, 0.25) is 0 Å². The number of hydrogen-bond donors (Lipinski definition) is 1. The number of benzene rings is 2. The van der Waals surface area contributed by atoms with Crippen molar-refractivity contribution in [2.24, 2.45) is 5.92 Å². The molecule has 0 saturated carbocycles. The summed E-state index contributed by atoms with van der Waals surface area (Å²) in [6.45, 7) is 0.689. The number of carboxylic acids is 1. The van der Waals surface area contributed by atoms with E-state index in [1.165, 1.54) is 16.2 Å². The van der Waals surface area contributed by atoms with Gasteiger partial charge in [-0.1, -0.05) is 54.6 Å². The van der Waals surface area contributed by atoms with Gasteiger partial charge in [-0.05, 0) is 42.5 Å². The fraction of sp³-hybridized carbons (Fsp3) is 0.258. The summed E-state index contributed by atoms with van der Waals surface area (Å²) in [6, 6.07) is 21.1. The topological polar surface area (TPSA) is 104 Å². The first-order valence-corrected chi connectivity index (χ1v) is 14.1. The maximum absolute atomic E-state index is 13.4. The first-order chi connectivity index (χ1) is 19.4. The molecule has 0 bridgehead atoms. The summed E-state index contributed by atoms with van der Waals surface area (Å²) < 4.78 is 0. The summed E-state index contributed by atoms with van der Waals surface area (Å²) in [6.07, 6.45) is 4.31. The molecule has 2 aromatic heterocycles. The van der Waals surface area contributed by atoms with Crippen molar-refractivity contribution >= 4 is 40.1 Å². The first kappa shape index (κ1) is 27.2. The van der Waals surface area contributed by atoms with Crippen LogP contribution < -0.4 is 9.80 Å². The van der Waals surface area contributed by atoms with Crippen molar-refractivity contribution < 1.29 is 19.5 Å². The summed E-state index contributed by atoms with van der Waals surface area (Å²) in [5, 5.41) is 11.8. The third-order valence-electron chi connectivity index (χ3n) is 7.07. The van der Waals surface area contributed by atoms with Gasteiger partial charge in [0.15, 0.2) is 5.13 Å². The van der Waals surface area contributed by atoms with E-state index in [1.807, 2.05) is 72.1 Å². The smallest absolute Gasteiger partial charge is 0.304 e. The van der Waals surface area contributed by atoms with Gasteiger partial charge >= 0.3 is 5.97 Å². The van der Waals surface area contributed by atoms with Gasteiger partial charge in [0.25, 0.3) is 0 Å². The van der Waals surface area contributed by atoms with Crippen molar-refractivity contribution in [3.63, 3.8) is 0 Å². The van der Waals surface area contributed by atoms with Crippen LogP contribution >= 0.6 is 11.3 Å². The molecule has 2 amide bonds. The van der Waals surface area contributed by atoms with E-state index in [-0.39, 0.29) is 18.2 Å². The van der Waals surface area contributed by atoms with Crippen molar-refractivity contribution in [3.05, 3.63) is 83.9 Å². The fourth-order valence-corrected chi connectivity index (χ4v) is 5.77. The van der Waals surface area contributed by atoms with E-state index in [1.54, 1.807) is 18.1 Å². The third-order valence-corrected chi connectivity index (χ3v) is 7.98. The Hall–Kier alpha value is -4.37. The zero-order chi connectivity index (χ0) is 28.1. The van der Waals surface area contributed by atoms with Crippen LogP contribution in [0.25, 0.3) is 22.4 Å². The summed E-state index contributed by atoms with van der Waals surface area (Å²) in [4.78, 5) is 49.8. The standard InChI is InChI=1S/C31H30N4O4S/c1-34(30(39)23(18-29(37)38)17-21-9-3-2-4-10-21)31-33-26(20-40-31)25-12-6-5-11-24(25)22-14-15-27(32-19-22)35-16-8-7-13-28(35)36/h2-6,9-12,14-15,19-20,23H,7-8,13,16-18H2,1H3,(H,37,38)/t23-/m1/s1. The van der Waals surface area contributed by atoms with Gasteiger partial charge in [-0.15, -0.1) is 11.3 Å². The number of carbonyl (C=O) groups is 3. The maximum atomic E-state index is 13.4. The van der Waals surface area contributed by atoms with Gasteiger partial charge in [0, 0.05) is 42.7 Å². The van der Waals surface area contributed by atoms with Crippen LogP contribution in [0.5, 0.6) is 0 Å². The number of rotatable bonds is 9. The molecule has 8 nitrogen and oxygen atoms in total. The Kier molecular flexibility index (Phi) is 8.31. The number of carbonyl (C=O) groups excluding carboxylic acids is 2. The second-order valence-electron chi connectivity index (χ2n) is 9.85. The highest BCUT2D eigenvalue weighted by molar-refractivity contribution is 7.14. The maximum Gasteiger partial charge on any atom is 0.304 e. The van der Waals surface area contributed by atoms with Crippen LogP contribution in [-0.4, -0.2) is 46.5 Å². The molecule has 1 aliphatic heterocycles. The molecule has 1 atom stereocenters. The number of aromatic nitrogens is 2. The summed E-state index contributed by atoms with van der Waals surface area (Å²) in [5.74, 6) is -1.24. The average Bonchev–Trinajstić information content (AvgIpc) is 3.47. The normalized spacial score (nSPS) is 14.1. The number of hydrogen-bond acceptors (Lipinski definition) is 6. The van der Waals surface area contributed by atoms with Crippen molar-refractivity contribution in [1.82, 2.24) is 9.97 Å². The minimum absolute atomic E-state index is 0.106. The number of piperidine rings is 1. The third kappa shape index (κ3) is 6.10. The molecule has 2 aromatic carbocycles. The molecule has 1 N–H and O–H groups in total. The molecule has 3 heterocycles. The van der Waals surface area contributed by atoms with E-state index < -0.39 is 11.9 Å². The fourth-order valence-electron chi connectivity index (χ4n) is 4.98. The highest BCUT2D eigenvalue weighted by Gasteiger charge is 2.28. The van der Waals surface area contributed by atoms with Gasteiger partial charge in [0.1, 0.15) is 5.82 Å². The molecule has 1 fully saturated rings. The molecule has 0 aliphatic carbocycles. The van der Waals surface area contributed by atoms with Crippen LogP contribution in [0.15, 0.2) is 78.3 Å². The zero-order valence-corrected chi connectivity index (χ0v) is 23.0. The zero-order valence-electron chi connectivity index (χ0n) is 22.2. The predicted molar refractivity (Wildman–Crippen MR) is 156 cm³/mol. The van der Waals surface area contributed by atoms with Crippen molar-refractivity contribution in [1.29, 1.82) is 0 Å². The highest BCUT2D eigenvalue weighted by Crippen LogP contribution is 2.35. The Bertz CT molecular complexity index is 1500. The van der Waals surface area contributed by atoms with Crippen LogP contribution in [0, 0.1) is 5.92 Å². The summed E-state index contributed by atoms with van der Waals surface area (Å²) in [7, 11) is 1.64. The number of aliphatic carboxylic acids is 1. The summed E-state index contributed by atoms with van der Waals surface area (Å²) in [5.41, 5.74) is 4.34. The SMILES string of the molecule is CN(C(=O)[C@@H](CC(=O)O)Cc1ccccc1)c1nc(-c2ccccc2-c2ccc(N3CCCCC3=O)nc2)cs1. The van der Waals surface area contributed by atoms with Crippen molar-refractivity contribution in [2.45, 2.75) is 32.1 Å². The Morgan fingerprint density at radius 1 is 1.02 bits per heavy atom. The van der Waals surface area contributed by atoms with Gasteiger partial charge in [-0.25, -0.2) is 9.97 Å². The molecule has 5 rings (SSSR count). The van der Waals surface area contributed by atoms with Gasteiger partial charge in [0.2, 0.25) is 11.8 Å². The molecule has 9 heteroatoms. The predicted octanol–water partition coefficient (Wildman–Crippen LogP) is 5.69. The quantitative estimate of drug-likeness (QED) is 0.285. The van der Waals surface area contributed by atoms with E-state index in [0.29, 0.717) is 36.0 Å². The second kappa shape index (κ2) is 12.2. The van der Waals surface area contributed by atoms with E-state index in [4.69, 9.17) is 4.98 Å². The number of amides is 2. The molecule has 0 radical (unpaired) electrons. The molecular weight excluding hydrogens is 524 g/mol. The van der Waals surface area contributed by atoms with E-state index >= 15 is 0 Å². The minimum atomic E-state index is -1.01. The number of pyridine rings is 1. The molecule has 4 aromatic rings. The van der Waals surface area contributed by atoms with Gasteiger partial charge in [-0.3, -0.25) is 24.2 Å². The molecule has 1 aliphatic rings. The van der Waals surface area contributed by atoms with E-state index in [9.17, 15) is 19.5 Å². The average molecular weight is 555 g/mol. The molecular formula is C31H30N4O4S. The van der Waals surface area contributed by atoms with Gasteiger partial charge in [0.05, 0.1) is 18.0 Å². The first-order valence-electron chi connectivity index (χ1n) is 13.3. The van der Waals surface area contributed by atoms with Crippen molar-refractivity contribution in [3.8, 4) is 22.4 Å². The lowest BCUT2D eigenvalue weighted by atomic mass is 9.95. The van der Waals surface area contributed by atoms with Crippen LogP contribution in [0.4, 0.5) is 10.9 Å². The Morgan fingerprint density at radius 2 is 1.77 bits per heavy atom. The molecule has 40 heavy (non-hydrogen) atoms. The molecule has 204 valence electrons. The van der Waals surface area contributed by atoms with Gasteiger partial charge < -0.3 is 5.11 Å². The Morgan fingerprint density at radius 3 is 2.48 bits per heavy atom.